The summed E-state index contributed by atoms with van der Waals surface area (Å²) in [6, 6.07) is 4.41. The van der Waals surface area contributed by atoms with Gasteiger partial charge in [-0.3, -0.25) is 0 Å². The molecule has 2 heterocycles. The van der Waals surface area contributed by atoms with E-state index in [2.05, 4.69) is 33.8 Å². The van der Waals surface area contributed by atoms with Gasteiger partial charge >= 0.3 is 0 Å². The van der Waals surface area contributed by atoms with E-state index >= 15 is 0 Å². The van der Waals surface area contributed by atoms with E-state index in [0.717, 1.165) is 50.5 Å². The second kappa shape index (κ2) is 7.40. The summed E-state index contributed by atoms with van der Waals surface area (Å²) < 4.78 is 0.435. The summed E-state index contributed by atoms with van der Waals surface area (Å²) in [5.41, 5.74) is 1.76. The molecule has 0 amide bonds. The van der Waals surface area contributed by atoms with Crippen LogP contribution in [-0.4, -0.2) is 42.6 Å². The maximum Gasteiger partial charge on any atom is 0.125 e. The van der Waals surface area contributed by atoms with Crippen molar-refractivity contribution in [3.05, 3.63) is 21.3 Å². The van der Waals surface area contributed by atoms with E-state index in [1.54, 1.807) is 0 Å². The molecule has 1 aromatic heterocycles. The molecule has 1 N–H and O–H groups in total. The average Bonchev–Trinajstić information content (AvgIpc) is 2.78. The van der Waals surface area contributed by atoms with Crippen LogP contribution in [-0.2, 0) is 6.42 Å². The molecular formula is C16H21N5S. The topological polar surface area (TPSA) is 69.8 Å². The fourth-order valence-electron chi connectivity index (χ4n) is 2.98. The molecule has 116 valence electrons. The summed E-state index contributed by atoms with van der Waals surface area (Å²) in [6.07, 6.45) is 1.69. The van der Waals surface area contributed by atoms with E-state index in [-0.39, 0.29) is 0 Å². The highest BCUT2D eigenvalue weighted by Crippen LogP contribution is 2.26. The van der Waals surface area contributed by atoms with Crippen molar-refractivity contribution in [1.82, 2.24) is 9.88 Å². The number of hydrogen-bond acceptors (Lipinski definition) is 5. The van der Waals surface area contributed by atoms with Crippen LogP contribution in [0.4, 0.5) is 5.82 Å². The van der Waals surface area contributed by atoms with E-state index in [4.69, 9.17) is 12.2 Å². The van der Waals surface area contributed by atoms with Gasteiger partial charge in [0, 0.05) is 19.6 Å². The Kier molecular flexibility index (Phi) is 5.54. The smallest absolute Gasteiger partial charge is 0.125 e. The van der Waals surface area contributed by atoms with Gasteiger partial charge in [-0.2, -0.15) is 10.5 Å². The summed E-state index contributed by atoms with van der Waals surface area (Å²) >= 11 is 5.32. The molecule has 0 atom stereocenters. The predicted octanol–water partition coefficient (Wildman–Crippen LogP) is 2.58. The van der Waals surface area contributed by atoms with Crippen LogP contribution >= 0.6 is 12.2 Å². The lowest BCUT2D eigenvalue weighted by atomic mass is 10.0. The van der Waals surface area contributed by atoms with Gasteiger partial charge in [0.2, 0.25) is 0 Å². The highest BCUT2D eigenvalue weighted by atomic mass is 32.1. The molecule has 0 unspecified atom stereocenters. The predicted molar refractivity (Wildman–Crippen MR) is 89.4 cm³/mol. The van der Waals surface area contributed by atoms with Crippen LogP contribution in [0.5, 0.6) is 0 Å². The highest BCUT2D eigenvalue weighted by molar-refractivity contribution is 7.71. The molecule has 6 heteroatoms. The minimum absolute atomic E-state index is 0.433. The second-order valence-corrected chi connectivity index (χ2v) is 5.79. The molecule has 2 rings (SSSR count). The molecule has 1 saturated heterocycles. The van der Waals surface area contributed by atoms with Gasteiger partial charge in [0.15, 0.2) is 0 Å². The molecule has 1 fully saturated rings. The molecule has 1 aliphatic heterocycles. The number of nitriles is 2. The van der Waals surface area contributed by atoms with Crippen molar-refractivity contribution in [3.63, 3.8) is 0 Å². The zero-order chi connectivity index (χ0) is 16.1. The number of nitrogens with one attached hydrogen (secondary N) is 1. The summed E-state index contributed by atoms with van der Waals surface area (Å²) in [6.45, 7) is 8.98. The number of hydrogen-bond donors (Lipinski definition) is 1. The van der Waals surface area contributed by atoms with Crippen LogP contribution in [0.3, 0.4) is 0 Å². The Hall–Kier alpha value is -1.89. The largest absolute Gasteiger partial charge is 0.356 e. The number of anilines is 1. The Morgan fingerprint density at radius 2 is 1.82 bits per heavy atom. The zero-order valence-corrected chi connectivity index (χ0v) is 14.0. The summed E-state index contributed by atoms with van der Waals surface area (Å²) in [4.78, 5) is 7.74. The lowest BCUT2D eigenvalue weighted by Crippen LogP contribution is -2.31. The van der Waals surface area contributed by atoms with E-state index < -0.39 is 0 Å². The van der Waals surface area contributed by atoms with Gasteiger partial charge in [-0.15, -0.1) is 0 Å². The van der Waals surface area contributed by atoms with E-state index in [0.29, 0.717) is 22.2 Å². The standard InChI is InChI=1S/C16H21N5S/c1-3-12-13(10-17)15(19-16(22)14(12)11-18)21-7-5-6-20(4-2)8-9-21/h3-9H2,1-2H3,(H,19,22). The first-order valence-electron chi connectivity index (χ1n) is 7.72. The molecule has 5 nitrogen and oxygen atoms in total. The van der Waals surface area contributed by atoms with Gasteiger partial charge in [-0.25, -0.2) is 0 Å². The molecule has 0 bridgehead atoms. The monoisotopic (exact) mass is 315 g/mol. The van der Waals surface area contributed by atoms with Crippen molar-refractivity contribution in [2.24, 2.45) is 0 Å². The maximum atomic E-state index is 9.59. The fraction of sp³-hybridized carbons (Fsp3) is 0.562. The summed E-state index contributed by atoms with van der Waals surface area (Å²) in [7, 11) is 0. The average molecular weight is 315 g/mol. The molecule has 1 aromatic rings. The number of likely N-dealkylation sites (N-methyl/N-ethyl adjacent to an activating group) is 1. The Labute approximate surface area is 136 Å². The van der Waals surface area contributed by atoms with Crippen LogP contribution in [0.1, 0.15) is 37.0 Å². The zero-order valence-electron chi connectivity index (χ0n) is 13.1. The van der Waals surface area contributed by atoms with Crippen LogP contribution < -0.4 is 4.90 Å². The first kappa shape index (κ1) is 16.5. The maximum absolute atomic E-state index is 9.59. The number of aromatic amines is 1. The van der Waals surface area contributed by atoms with Gasteiger partial charge < -0.3 is 14.8 Å². The minimum atomic E-state index is 0.433. The highest BCUT2D eigenvalue weighted by Gasteiger charge is 2.21. The van der Waals surface area contributed by atoms with E-state index in [1.165, 1.54) is 0 Å². The van der Waals surface area contributed by atoms with Crippen molar-refractivity contribution in [2.45, 2.75) is 26.7 Å². The molecule has 0 saturated carbocycles. The lowest BCUT2D eigenvalue weighted by molar-refractivity contribution is 0.310. The van der Waals surface area contributed by atoms with Gasteiger partial charge in [0.1, 0.15) is 22.6 Å². The molecule has 0 aromatic carbocycles. The number of pyridine rings is 1. The van der Waals surface area contributed by atoms with Crippen molar-refractivity contribution < 1.29 is 0 Å². The quantitative estimate of drug-likeness (QED) is 0.868. The van der Waals surface area contributed by atoms with Crippen molar-refractivity contribution in [3.8, 4) is 12.1 Å². The van der Waals surface area contributed by atoms with Gasteiger partial charge in [0.25, 0.3) is 0 Å². The fourth-order valence-corrected chi connectivity index (χ4v) is 3.24. The third-order valence-corrected chi connectivity index (χ3v) is 4.53. The molecule has 1 aliphatic rings. The molecule has 0 spiro atoms. The summed E-state index contributed by atoms with van der Waals surface area (Å²) in [5, 5.41) is 18.9. The minimum Gasteiger partial charge on any atom is -0.356 e. The molecule has 22 heavy (non-hydrogen) atoms. The third kappa shape index (κ3) is 3.14. The number of H-pyrrole nitrogens is 1. The van der Waals surface area contributed by atoms with Crippen molar-refractivity contribution in [2.75, 3.05) is 37.6 Å². The normalized spacial score (nSPS) is 15.9. The Morgan fingerprint density at radius 1 is 1.09 bits per heavy atom. The molecule has 0 aliphatic carbocycles. The van der Waals surface area contributed by atoms with Gasteiger partial charge in [-0.05, 0) is 31.5 Å². The first-order chi connectivity index (χ1) is 10.7. The van der Waals surface area contributed by atoms with Crippen LogP contribution in [0, 0.1) is 27.3 Å². The number of nitrogens with zero attached hydrogens (tertiary/aromatic N) is 4. The SMILES string of the molecule is CCc1c(C#N)c(N2CCCN(CC)CC2)[nH]c(=S)c1C#N. The van der Waals surface area contributed by atoms with Crippen LogP contribution in [0.15, 0.2) is 0 Å². The Morgan fingerprint density at radius 3 is 2.41 bits per heavy atom. The Balaban J connectivity index is 2.48. The van der Waals surface area contributed by atoms with Crippen LogP contribution in [0.2, 0.25) is 0 Å². The first-order valence-corrected chi connectivity index (χ1v) is 8.13. The third-order valence-electron chi connectivity index (χ3n) is 4.23. The number of aromatic nitrogens is 1. The van der Waals surface area contributed by atoms with Crippen molar-refractivity contribution in [1.29, 1.82) is 10.5 Å². The van der Waals surface area contributed by atoms with E-state index in [1.807, 2.05) is 6.92 Å². The second-order valence-electron chi connectivity index (χ2n) is 5.38. The lowest BCUT2D eigenvalue weighted by Gasteiger charge is -2.25. The summed E-state index contributed by atoms with van der Waals surface area (Å²) in [5.74, 6) is 0.779. The van der Waals surface area contributed by atoms with Crippen LogP contribution in [0.25, 0.3) is 0 Å². The molecular weight excluding hydrogens is 294 g/mol. The number of rotatable bonds is 3. The van der Waals surface area contributed by atoms with E-state index in [9.17, 15) is 10.5 Å². The van der Waals surface area contributed by atoms with Gasteiger partial charge in [0.05, 0.1) is 11.1 Å². The Bertz CT molecular complexity index is 679. The van der Waals surface area contributed by atoms with Crippen molar-refractivity contribution >= 4 is 18.0 Å². The van der Waals surface area contributed by atoms with Gasteiger partial charge in [-0.1, -0.05) is 26.1 Å². The molecule has 0 radical (unpaired) electrons.